The number of nitrogens with one attached hydrogen (secondary N) is 2. The van der Waals surface area contributed by atoms with Gasteiger partial charge in [-0.3, -0.25) is 9.39 Å². The number of halogens is 2. The summed E-state index contributed by atoms with van der Waals surface area (Å²) in [5, 5.41) is 15.3. The zero-order valence-corrected chi connectivity index (χ0v) is 20.9. The predicted molar refractivity (Wildman–Crippen MR) is 138 cm³/mol. The average molecular weight is 551 g/mol. The molecule has 2 aromatic heterocycles. The molecule has 0 bridgehead atoms. The van der Waals surface area contributed by atoms with E-state index in [1.807, 2.05) is 47.9 Å². The lowest BCUT2D eigenvalue weighted by molar-refractivity contribution is 0.463. The molecule has 0 radical (unpaired) electrons. The van der Waals surface area contributed by atoms with Crippen molar-refractivity contribution in [3.63, 3.8) is 0 Å². The molecule has 7 nitrogen and oxygen atoms in total. The molecule has 1 aromatic carbocycles. The second kappa shape index (κ2) is 11.4. The van der Waals surface area contributed by atoms with Gasteiger partial charge in [-0.1, -0.05) is 12.1 Å². The summed E-state index contributed by atoms with van der Waals surface area (Å²) >= 11 is 0. The Labute approximate surface area is 205 Å². The molecule has 1 aliphatic rings. The normalized spacial score (nSPS) is 16.7. The van der Waals surface area contributed by atoms with Crippen molar-refractivity contribution in [3.8, 4) is 0 Å². The number of aromatic nitrogens is 3. The fourth-order valence-electron chi connectivity index (χ4n) is 4.02. The van der Waals surface area contributed by atoms with Crippen molar-refractivity contribution in [2.75, 3.05) is 31.1 Å². The first kappa shape index (κ1) is 24.2. The van der Waals surface area contributed by atoms with Crippen LogP contribution in [-0.4, -0.2) is 52.8 Å². The van der Waals surface area contributed by atoms with Crippen molar-refractivity contribution in [2.45, 2.75) is 39.2 Å². The molecule has 0 amide bonds. The molecule has 1 atom stereocenters. The van der Waals surface area contributed by atoms with Crippen LogP contribution in [0.3, 0.4) is 0 Å². The van der Waals surface area contributed by atoms with Crippen LogP contribution in [0.25, 0.3) is 5.65 Å². The Morgan fingerprint density at radius 1 is 1.25 bits per heavy atom. The predicted octanol–water partition coefficient (Wildman–Crippen LogP) is 3.56. The molecule has 2 N–H and O–H groups in total. The van der Waals surface area contributed by atoms with Gasteiger partial charge in [0, 0.05) is 44.8 Å². The lowest BCUT2D eigenvalue weighted by Crippen LogP contribution is -2.51. The number of aryl methyl sites for hydroxylation is 1. The molecule has 4 rings (SSSR count). The maximum absolute atomic E-state index is 14.4. The van der Waals surface area contributed by atoms with Crippen LogP contribution in [0.5, 0.6) is 0 Å². The largest absolute Gasteiger partial charge is 0.367 e. The van der Waals surface area contributed by atoms with Crippen molar-refractivity contribution < 1.29 is 4.39 Å². The Balaban J connectivity index is 0.00000289. The molecule has 172 valence electrons. The zero-order valence-electron chi connectivity index (χ0n) is 18.6. The van der Waals surface area contributed by atoms with E-state index in [1.165, 1.54) is 0 Å². The van der Waals surface area contributed by atoms with Crippen molar-refractivity contribution in [1.82, 2.24) is 25.2 Å². The minimum Gasteiger partial charge on any atom is -0.367 e. The average Bonchev–Trinajstić information content (AvgIpc) is 3.19. The van der Waals surface area contributed by atoms with E-state index >= 15 is 0 Å². The zero-order chi connectivity index (χ0) is 21.6. The van der Waals surface area contributed by atoms with E-state index in [0.717, 1.165) is 55.5 Å². The Morgan fingerprint density at radius 2 is 2.12 bits per heavy atom. The van der Waals surface area contributed by atoms with Gasteiger partial charge in [0.1, 0.15) is 11.6 Å². The summed E-state index contributed by atoms with van der Waals surface area (Å²) in [5.74, 6) is 1.52. The second-order valence-corrected chi connectivity index (χ2v) is 7.94. The summed E-state index contributed by atoms with van der Waals surface area (Å²) in [6, 6.07) is 11.4. The van der Waals surface area contributed by atoms with Crippen LogP contribution in [0.15, 0.2) is 47.6 Å². The van der Waals surface area contributed by atoms with Gasteiger partial charge < -0.3 is 15.5 Å². The fraction of sp³-hybridized carbons (Fsp3) is 0.435. The van der Waals surface area contributed by atoms with Crippen LogP contribution < -0.4 is 15.5 Å². The molecule has 3 aromatic rings. The Hall–Kier alpha value is -2.43. The number of hydrogen-bond donors (Lipinski definition) is 2. The second-order valence-electron chi connectivity index (χ2n) is 7.94. The molecule has 0 aliphatic carbocycles. The van der Waals surface area contributed by atoms with Crippen LogP contribution in [-0.2, 0) is 6.42 Å². The first-order chi connectivity index (χ1) is 15.1. The Kier molecular flexibility index (Phi) is 8.66. The molecule has 9 heteroatoms. The summed E-state index contributed by atoms with van der Waals surface area (Å²) in [7, 11) is 0. The van der Waals surface area contributed by atoms with E-state index in [2.05, 4.69) is 32.7 Å². The third-order valence-electron chi connectivity index (χ3n) is 5.54. The van der Waals surface area contributed by atoms with Gasteiger partial charge in [0.25, 0.3) is 0 Å². The molecule has 32 heavy (non-hydrogen) atoms. The van der Waals surface area contributed by atoms with E-state index < -0.39 is 0 Å². The summed E-state index contributed by atoms with van der Waals surface area (Å²) in [5.41, 5.74) is 2.60. The summed E-state index contributed by atoms with van der Waals surface area (Å²) in [6.07, 6.45) is 4.71. The molecule has 0 spiro atoms. The van der Waals surface area contributed by atoms with Crippen LogP contribution >= 0.6 is 24.0 Å². The van der Waals surface area contributed by atoms with Crippen LogP contribution in [0, 0.1) is 12.7 Å². The van der Waals surface area contributed by atoms with Crippen molar-refractivity contribution >= 4 is 41.3 Å². The van der Waals surface area contributed by atoms with Gasteiger partial charge in [0.15, 0.2) is 11.6 Å². The maximum atomic E-state index is 14.4. The maximum Gasteiger partial charge on any atom is 0.191 e. The smallest absolute Gasteiger partial charge is 0.191 e. The fourth-order valence-corrected chi connectivity index (χ4v) is 4.02. The van der Waals surface area contributed by atoms with Crippen LogP contribution in [0.4, 0.5) is 10.1 Å². The summed E-state index contributed by atoms with van der Waals surface area (Å²) < 4.78 is 16.4. The van der Waals surface area contributed by atoms with E-state index in [4.69, 9.17) is 4.99 Å². The number of aliphatic imine (C=N–C) groups is 1. The number of hydrogen-bond acceptors (Lipinski definition) is 4. The van der Waals surface area contributed by atoms with Crippen LogP contribution in [0.1, 0.15) is 31.2 Å². The molecule has 0 saturated carbocycles. The summed E-state index contributed by atoms with van der Waals surface area (Å²) in [4.78, 5) is 6.87. The lowest BCUT2D eigenvalue weighted by Gasteiger charge is -2.35. The molecule has 1 saturated heterocycles. The third-order valence-corrected chi connectivity index (χ3v) is 5.54. The van der Waals surface area contributed by atoms with Gasteiger partial charge in [-0.05, 0) is 56.5 Å². The monoisotopic (exact) mass is 551 g/mol. The Morgan fingerprint density at radius 3 is 2.97 bits per heavy atom. The van der Waals surface area contributed by atoms with Gasteiger partial charge in [-0.2, -0.15) is 0 Å². The highest BCUT2D eigenvalue weighted by Gasteiger charge is 2.23. The van der Waals surface area contributed by atoms with Gasteiger partial charge in [-0.25, -0.2) is 4.39 Å². The standard InChI is InChI=1S/C23H30FN7.HI/c1-3-25-23(26-12-11-22-29-28-21-8-4-5-14-31(21)22)27-18-7-6-13-30(16-18)20-15-17(2)9-10-19(20)24;/h4-5,8-10,14-15,18H,3,6-7,11-13,16H2,1-2H3,(H2,25,26,27);1H. The van der Waals surface area contributed by atoms with Gasteiger partial charge in [0.2, 0.25) is 0 Å². The van der Waals surface area contributed by atoms with Gasteiger partial charge in [-0.15, -0.1) is 34.2 Å². The number of fused-ring (bicyclic) bond motifs is 1. The molecule has 3 heterocycles. The molecule has 1 fully saturated rings. The minimum atomic E-state index is -0.160. The third kappa shape index (κ3) is 5.87. The number of rotatable bonds is 6. The van der Waals surface area contributed by atoms with Crippen molar-refractivity contribution in [3.05, 3.63) is 59.8 Å². The first-order valence-corrected chi connectivity index (χ1v) is 11.0. The number of pyridine rings is 1. The number of anilines is 1. The number of nitrogens with zero attached hydrogens (tertiary/aromatic N) is 5. The SMILES string of the molecule is CCNC(=NCCc1nnc2ccccn12)NC1CCCN(c2cc(C)ccc2F)C1.I. The van der Waals surface area contributed by atoms with E-state index in [0.29, 0.717) is 18.7 Å². The van der Waals surface area contributed by atoms with E-state index in [1.54, 1.807) is 6.07 Å². The van der Waals surface area contributed by atoms with Crippen molar-refractivity contribution in [2.24, 2.45) is 4.99 Å². The van der Waals surface area contributed by atoms with Gasteiger partial charge >= 0.3 is 0 Å². The highest BCUT2D eigenvalue weighted by Crippen LogP contribution is 2.24. The molecular weight excluding hydrogens is 520 g/mol. The highest BCUT2D eigenvalue weighted by atomic mass is 127. The number of guanidine groups is 1. The van der Waals surface area contributed by atoms with Gasteiger partial charge in [0.05, 0.1) is 5.69 Å². The lowest BCUT2D eigenvalue weighted by atomic mass is 10.0. The number of piperidine rings is 1. The Bertz CT molecular complexity index is 1050. The topological polar surface area (TPSA) is 69.8 Å². The first-order valence-electron chi connectivity index (χ1n) is 11.0. The number of benzene rings is 1. The quantitative estimate of drug-likeness (QED) is 0.279. The van der Waals surface area contributed by atoms with Crippen molar-refractivity contribution in [1.29, 1.82) is 0 Å². The summed E-state index contributed by atoms with van der Waals surface area (Å²) in [6.45, 7) is 7.05. The van der Waals surface area contributed by atoms with E-state index in [-0.39, 0.29) is 35.8 Å². The molecule has 1 unspecified atom stereocenters. The molecule has 1 aliphatic heterocycles. The molecular formula is C23H31FIN7. The minimum absolute atomic E-state index is 0. The van der Waals surface area contributed by atoms with Crippen LogP contribution in [0.2, 0.25) is 0 Å². The highest BCUT2D eigenvalue weighted by molar-refractivity contribution is 14.0. The van der Waals surface area contributed by atoms with E-state index in [9.17, 15) is 4.39 Å².